The molecule has 2 nitrogen and oxygen atoms in total. The monoisotopic (exact) mass is 208 g/mol. The molecule has 1 aliphatic carbocycles. The van der Waals surface area contributed by atoms with Crippen molar-refractivity contribution in [2.75, 3.05) is 13.1 Å². The van der Waals surface area contributed by atoms with Gasteiger partial charge in [-0.3, -0.25) is 4.90 Å². The lowest BCUT2D eigenvalue weighted by atomic mass is 10.0. The van der Waals surface area contributed by atoms with Crippen molar-refractivity contribution in [3.05, 3.63) is 12.2 Å². The van der Waals surface area contributed by atoms with Crippen LogP contribution in [0.25, 0.3) is 0 Å². The van der Waals surface area contributed by atoms with Crippen molar-refractivity contribution in [2.45, 2.75) is 57.7 Å². The Labute approximate surface area is 93.7 Å². The second-order valence-electron chi connectivity index (χ2n) is 4.87. The van der Waals surface area contributed by atoms with E-state index in [1.165, 1.54) is 38.8 Å². The highest BCUT2D eigenvalue weighted by Gasteiger charge is 2.31. The summed E-state index contributed by atoms with van der Waals surface area (Å²) in [6, 6.07) is 2.28. The smallest absolute Gasteiger partial charge is 0.0221 e. The Balaban J connectivity index is 1.97. The number of hydrogen-bond acceptors (Lipinski definition) is 2. The molecule has 2 atom stereocenters. The van der Waals surface area contributed by atoms with E-state index in [0.29, 0.717) is 6.04 Å². The fraction of sp³-hybridized carbons (Fsp3) is 0.846. The Morgan fingerprint density at radius 1 is 1.20 bits per heavy atom. The van der Waals surface area contributed by atoms with Gasteiger partial charge in [-0.05, 0) is 25.7 Å². The quantitative estimate of drug-likeness (QED) is 0.715. The van der Waals surface area contributed by atoms with Crippen LogP contribution < -0.4 is 5.32 Å². The Bertz CT molecular complexity index is 215. The first-order chi connectivity index (χ1) is 7.35. The zero-order chi connectivity index (χ0) is 10.7. The maximum absolute atomic E-state index is 3.66. The number of rotatable bonds is 3. The summed E-state index contributed by atoms with van der Waals surface area (Å²) in [5.74, 6) is 0. The molecule has 2 rings (SSSR count). The summed E-state index contributed by atoms with van der Waals surface area (Å²) in [5.41, 5.74) is 0. The van der Waals surface area contributed by atoms with Gasteiger partial charge >= 0.3 is 0 Å². The molecule has 0 amide bonds. The van der Waals surface area contributed by atoms with Crippen LogP contribution in [-0.4, -0.2) is 36.1 Å². The Kier molecular flexibility index (Phi) is 3.81. The maximum Gasteiger partial charge on any atom is 0.0221 e. The number of nitrogens with zero attached hydrogens (tertiary/aromatic N) is 1. The van der Waals surface area contributed by atoms with Crippen molar-refractivity contribution in [2.24, 2.45) is 0 Å². The minimum absolute atomic E-state index is 0.716. The van der Waals surface area contributed by atoms with E-state index in [1.807, 2.05) is 0 Å². The predicted molar refractivity (Wildman–Crippen MR) is 65.0 cm³/mol. The van der Waals surface area contributed by atoms with Gasteiger partial charge in [0.25, 0.3) is 0 Å². The van der Waals surface area contributed by atoms with Crippen LogP contribution in [0.3, 0.4) is 0 Å². The largest absolute Gasteiger partial charge is 0.311 e. The summed E-state index contributed by atoms with van der Waals surface area (Å²) in [6.07, 6.45) is 9.77. The molecule has 1 aliphatic heterocycles. The molecule has 2 unspecified atom stereocenters. The topological polar surface area (TPSA) is 15.3 Å². The van der Waals surface area contributed by atoms with Gasteiger partial charge in [0, 0.05) is 31.2 Å². The lowest BCUT2D eigenvalue weighted by Gasteiger charge is -2.43. The van der Waals surface area contributed by atoms with E-state index in [9.17, 15) is 0 Å². The van der Waals surface area contributed by atoms with Gasteiger partial charge in [0.1, 0.15) is 0 Å². The van der Waals surface area contributed by atoms with E-state index in [4.69, 9.17) is 0 Å². The summed E-state index contributed by atoms with van der Waals surface area (Å²) in [6.45, 7) is 7.04. The van der Waals surface area contributed by atoms with E-state index in [2.05, 4.69) is 36.2 Å². The van der Waals surface area contributed by atoms with E-state index < -0.39 is 0 Å². The predicted octanol–water partition coefficient (Wildman–Crippen LogP) is 2.17. The molecule has 0 aromatic carbocycles. The van der Waals surface area contributed by atoms with Gasteiger partial charge in [-0.15, -0.1) is 0 Å². The lowest BCUT2D eigenvalue weighted by molar-refractivity contribution is 0.0826. The maximum atomic E-state index is 3.66. The first-order valence-electron chi connectivity index (χ1n) is 6.49. The van der Waals surface area contributed by atoms with E-state index >= 15 is 0 Å². The minimum Gasteiger partial charge on any atom is -0.311 e. The zero-order valence-corrected chi connectivity index (χ0v) is 10.1. The Morgan fingerprint density at radius 2 is 1.93 bits per heavy atom. The number of hydrogen-bond donors (Lipinski definition) is 1. The summed E-state index contributed by atoms with van der Waals surface area (Å²) in [4.78, 5) is 2.75. The second kappa shape index (κ2) is 5.13. The summed E-state index contributed by atoms with van der Waals surface area (Å²) in [5, 5.41) is 3.66. The first-order valence-corrected chi connectivity index (χ1v) is 6.49. The van der Waals surface area contributed by atoms with Gasteiger partial charge in [-0.2, -0.15) is 0 Å². The third kappa shape index (κ3) is 2.43. The molecular formula is C13H24N2. The molecule has 0 aromatic heterocycles. The molecular weight excluding hydrogens is 184 g/mol. The van der Waals surface area contributed by atoms with E-state index in [0.717, 1.165) is 12.1 Å². The van der Waals surface area contributed by atoms with Crippen molar-refractivity contribution in [3.63, 3.8) is 0 Å². The van der Waals surface area contributed by atoms with Crippen molar-refractivity contribution < 1.29 is 0 Å². The Morgan fingerprint density at radius 3 is 2.53 bits per heavy atom. The van der Waals surface area contributed by atoms with Crippen LogP contribution in [0.4, 0.5) is 0 Å². The van der Waals surface area contributed by atoms with Gasteiger partial charge in [0.2, 0.25) is 0 Å². The van der Waals surface area contributed by atoms with Crippen LogP contribution in [0.1, 0.15) is 39.5 Å². The average molecular weight is 208 g/mol. The number of nitrogens with one attached hydrogen (secondary N) is 1. The molecule has 0 radical (unpaired) electrons. The van der Waals surface area contributed by atoms with Crippen LogP contribution in [0.5, 0.6) is 0 Å². The molecule has 0 spiro atoms. The van der Waals surface area contributed by atoms with Crippen molar-refractivity contribution in [1.29, 1.82) is 0 Å². The molecule has 1 saturated heterocycles. The molecule has 15 heavy (non-hydrogen) atoms. The van der Waals surface area contributed by atoms with Gasteiger partial charge < -0.3 is 5.32 Å². The third-order valence-corrected chi connectivity index (χ3v) is 3.96. The molecule has 1 heterocycles. The first kappa shape index (κ1) is 11.2. The van der Waals surface area contributed by atoms with Gasteiger partial charge in [0.05, 0.1) is 0 Å². The van der Waals surface area contributed by atoms with Gasteiger partial charge in [-0.1, -0.05) is 26.0 Å². The zero-order valence-electron chi connectivity index (χ0n) is 10.1. The highest BCUT2D eigenvalue weighted by molar-refractivity contribution is 5.01. The van der Waals surface area contributed by atoms with Crippen LogP contribution in [0.15, 0.2) is 12.2 Å². The molecule has 1 N–H and O–H groups in total. The van der Waals surface area contributed by atoms with Crippen molar-refractivity contribution in [1.82, 2.24) is 10.2 Å². The SMILES string of the molecule is CCC1CN(C2CC=CC2)C(CC)CN1. The highest BCUT2D eigenvalue weighted by atomic mass is 15.3. The van der Waals surface area contributed by atoms with E-state index in [1.54, 1.807) is 0 Å². The second-order valence-corrected chi connectivity index (χ2v) is 4.87. The third-order valence-electron chi connectivity index (χ3n) is 3.96. The van der Waals surface area contributed by atoms with Crippen LogP contribution in [0.2, 0.25) is 0 Å². The molecule has 2 heteroatoms. The minimum atomic E-state index is 0.716. The van der Waals surface area contributed by atoms with Crippen LogP contribution in [0, 0.1) is 0 Å². The standard InChI is InChI=1S/C13H24N2/c1-3-11-10-15(12(4-2)9-14-11)13-7-5-6-8-13/h5-6,11-14H,3-4,7-10H2,1-2H3. The Hall–Kier alpha value is -0.340. The van der Waals surface area contributed by atoms with Crippen LogP contribution >= 0.6 is 0 Å². The van der Waals surface area contributed by atoms with Gasteiger partial charge in [0.15, 0.2) is 0 Å². The highest BCUT2D eigenvalue weighted by Crippen LogP contribution is 2.23. The fourth-order valence-electron chi connectivity index (χ4n) is 2.86. The molecule has 2 aliphatic rings. The number of piperazine rings is 1. The van der Waals surface area contributed by atoms with Crippen molar-refractivity contribution in [3.8, 4) is 0 Å². The summed E-state index contributed by atoms with van der Waals surface area (Å²) in [7, 11) is 0. The molecule has 0 aromatic rings. The summed E-state index contributed by atoms with van der Waals surface area (Å²) < 4.78 is 0. The van der Waals surface area contributed by atoms with Crippen LogP contribution in [-0.2, 0) is 0 Å². The normalized spacial score (nSPS) is 33.7. The summed E-state index contributed by atoms with van der Waals surface area (Å²) >= 11 is 0. The molecule has 0 saturated carbocycles. The van der Waals surface area contributed by atoms with E-state index in [-0.39, 0.29) is 0 Å². The molecule has 0 bridgehead atoms. The lowest BCUT2D eigenvalue weighted by Crippen LogP contribution is -2.58. The molecule has 1 fully saturated rings. The molecule has 86 valence electrons. The average Bonchev–Trinajstić information content (AvgIpc) is 2.81. The fourth-order valence-corrected chi connectivity index (χ4v) is 2.86. The van der Waals surface area contributed by atoms with Crippen molar-refractivity contribution >= 4 is 0 Å². The van der Waals surface area contributed by atoms with Gasteiger partial charge in [-0.25, -0.2) is 0 Å².